The minimum atomic E-state index is -3.25. The van der Waals surface area contributed by atoms with Gasteiger partial charge in [-0.2, -0.15) is 0 Å². The minimum absolute atomic E-state index is 0.0440. The predicted molar refractivity (Wildman–Crippen MR) is 92.3 cm³/mol. The molecule has 1 fully saturated rings. The van der Waals surface area contributed by atoms with Gasteiger partial charge < -0.3 is 15.1 Å². The Labute approximate surface area is 150 Å². The van der Waals surface area contributed by atoms with Gasteiger partial charge in [-0.1, -0.05) is 0 Å². The van der Waals surface area contributed by atoms with E-state index in [9.17, 15) is 26.8 Å². The van der Waals surface area contributed by atoms with Gasteiger partial charge in [0.2, 0.25) is 0 Å². The van der Waals surface area contributed by atoms with Crippen LogP contribution in [0.2, 0.25) is 0 Å². The van der Waals surface area contributed by atoms with Gasteiger partial charge in [0, 0.05) is 25.2 Å². The molecule has 0 spiro atoms. The first kappa shape index (κ1) is 20.2. The Morgan fingerprint density at radius 1 is 1.23 bits per heavy atom. The van der Waals surface area contributed by atoms with Crippen LogP contribution >= 0.6 is 0 Å². The maximum absolute atomic E-state index is 13.7. The fraction of sp³-hybridized carbons (Fsp3) is 0.500. The summed E-state index contributed by atoms with van der Waals surface area (Å²) < 4.78 is 50.0. The Hall–Kier alpha value is -2.07. The Morgan fingerprint density at radius 3 is 2.46 bits per heavy atom. The van der Waals surface area contributed by atoms with E-state index in [1.807, 2.05) is 0 Å². The Kier molecular flexibility index (Phi) is 6.30. The molecule has 1 aliphatic heterocycles. The average Bonchev–Trinajstić information content (AvgIpc) is 2.89. The van der Waals surface area contributed by atoms with Crippen molar-refractivity contribution in [1.29, 1.82) is 0 Å². The van der Waals surface area contributed by atoms with Gasteiger partial charge >= 0.3 is 11.8 Å². The number of hydrogen-bond donors (Lipinski definition) is 1. The fourth-order valence-electron chi connectivity index (χ4n) is 2.68. The Morgan fingerprint density at radius 2 is 1.92 bits per heavy atom. The largest absolute Gasteiger partial charge is 0.329 e. The molecule has 2 rings (SSSR count). The van der Waals surface area contributed by atoms with Crippen molar-refractivity contribution in [1.82, 2.24) is 9.80 Å². The van der Waals surface area contributed by atoms with Crippen LogP contribution in [-0.2, 0) is 19.4 Å². The summed E-state index contributed by atoms with van der Waals surface area (Å²) in [5, 5.41) is 2.11. The summed E-state index contributed by atoms with van der Waals surface area (Å²) in [6, 6.07) is 1.96. The molecule has 1 atom stereocenters. The predicted octanol–water partition coefficient (Wildman–Crippen LogP) is 0.481. The monoisotopic (exact) mass is 389 g/mol. The van der Waals surface area contributed by atoms with Crippen LogP contribution in [0.5, 0.6) is 0 Å². The SMILES string of the molecule is CN(C)CCN(C(=O)C(=O)Nc1ccc(F)cc1F)C1CCS(=O)(=O)C1. The number of hydrogen-bond acceptors (Lipinski definition) is 5. The molecule has 0 aliphatic carbocycles. The second-order valence-corrected chi connectivity index (χ2v) is 8.67. The van der Waals surface area contributed by atoms with E-state index in [0.717, 1.165) is 12.1 Å². The molecule has 1 aliphatic rings. The summed E-state index contributed by atoms with van der Waals surface area (Å²) in [6.07, 6.45) is 0.250. The van der Waals surface area contributed by atoms with Gasteiger partial charge in [0.15, 0.2) is 9.84 Å². The Balaban J connectivity index is 2.15. The highest BCUT2D eigenvalue weighted by molar-refractivity contribution is 7.91. The topological polar surface area (TPSA) is 86.8 Å². The molecule has 0 saturated carbocycles. The molecule has 1 saturated heterocycles. The van der Waals surface area contributed by atoms with Crippen LogP contribution in [0.4, 0.5) is 14.5 Å². The van der Waals surface area contributed by atoms with Gasteiger partial charge in [-0.3, -0.25) is 9.59 Å². The maximum Gasteiger partial charge on any atom is 0.313 e. The third kappa shape index (κ3) is 5.21. The van der Waals surface area contributed by atoms with E-state index in [-0.39, 0.29) is 30.2 Å². The van der Waals surface area contributed by atoms with Crippen molar-refractivity contribution in [2.24, 2.45) is 0 Å². The van der Waals surface area contributed by atoms with Crippen molar-refractivity contribution in [3.63, 3.8) is 0 Å². The first-order valence-corrected chi connectivity index (χ1v) is 9.83. The molecular weight excluding hydrogens is 368 g/mol. The van der Waals surface area contributed by atoms with Crippen molar-refractivity contribution in [2.75, 3.05) is 44.0 Å². The molecule has 0 bridgehead atoms. The van der Waals surface area contributed by atoms with Gasteiger partial charge in [-0.05, 0) is 32.6 Å². The molecule has 1 aromatic carbocycles. The zero-order valence-corrected chi connectivity index (χ0v) is 15.4. The highest BCUT2D eigenvalue weighted by Gasteiger charge is 2.36. The fourth-order valence-corrected chi connectivity index (χ4v) is 4.41. The van der Waals surface area contributed by atoms with Gasteiger partial charge in [0.05, 0.1) is 17.2 Å². The van der Waals surface area contributed by atoms with Gasteiger partial charge in [0.1, 0.15) is 11.6 Å². The van der Waals surface area contributed by atoms with E-state index in [4.69, 9.17) is 0 Å². The number of nitrogens with zero attached hydrogens (tertiary/aromatic N) is 2. The van der Waals surface area contributed by atoms with E-state index in [1.165, 1.54) is 4.90 Å². The van der Waals surface area contributed by atoms with Crippen molar-refractivity contribution in [2.45, 2.75) is 12.5 Å². The lowest BCUT2D eigenvalue weighted by Crippen LogP contribution is -2.49. The summed E-state index contributed by atoms with van der Waals surface area (Å²) in [6.45, 7) is 0.589. The number of nitrogens with one attached hydrogen (secondary N) is 1. The summed E-state index contributed by atoms with van der Waals surface area (Å²) in [5.41, 5.74) is -0.323. The van der Waals surface area contributed by atoms with E-state index in [2.05, 4.69) is 5.32 Å². The molecule has 10 heteroatoms. The van der Waals surface area contributed by atoms with Crippen LogP contribution in [0, 0.1) is 11.6 Å². The molecule has 0 radical (unpaired) electrons. The molecule has 1 unspecified atom stereocenters. The molecule has 144 valence electrons. The minimum Gasteiger partial charge on any atom is -0.329 e. The Bertz CT molecular complexity index is 799. The summed E-state index contributed by atoms with van der Waals surface area (Å²) >= 11 is 0. The number of sulfone groups is 1. The standard InChI is InChI=1S/C16H21F2N3O4S/c1-20(2)6-7-21(12-5-8-26(24,25)10-12)16(23)15(22)19-14-4-3-11(17)9-13(14)18/h3-4,9,12H,5-8,10H2,1-2H3,(H,19,22). The zero-order valence-electron chi connectivity index (χ0n) is 14.5. The van der Waals surface area contributed by atoms with Crippen LogP contribution < -0.4 is 5.32 Å². The first-order chi connectivity index (χ1) is 12.1. The number of likely N-dealkylation sites (N-methyl/N-ethyl adjacent to an activating group) is 1. The van der Waals surface area contributed by atoms with Gasteiger partial charge in [-0.15, -0.1) is 0 Å². The molecule has 1 aromatic rings. The average molecular weight is 389 g/mol. The van der Waals surface area contributed by atoms with E-state index in [1.54, 1.807) is 19.0 Å². The van der Waals surface area contributed by atoms with Gasteiger partial charge in [-0.25, -0.2) is 17.2 Å². The first-order valence-electron chi connectivity index (χ1n) is 8.01. The van der Waals surface area contributed by atoms with Gasteiger partial charge in [0.25, 0.3) is 0 Å². The van der Waals surface area contributed by atoms with Crippen molar-refractivity contribution in [3.05, 3.63) is 29.8 Å². The van der Waals surface area contributed by atoms with Crippen LogP contribution in [0.1, 0.15) is 6.42 Å². The molecular formula is C16H21F2N3O4S. The second-order valence-electron chi connectivity index (χ2n) is 6.44. The molecule has 7 nitrogen and oxygen atoms in total. The maximum atomic E-state index is 13.7. The van der Waals surface area contributed by atoms with Crippen molar-refractivity contribution < 1.29 is 26.8 Å². The second kappa shape index (κ2) is 8.09. The molecule has 1 heterocycles. The molecule has 26 heavy (non-hydrogen) atoms. The molecule has 1 N–H and O–H groups in total. The number of carbonyl (C=O) groups excluding carboxylic acids is 2. The molecule has 2 amide bonds. The number of amides is 2. The number of anilines is 1. The third-order valence-corrected chi connectivity index (χ3v) is 5.82. The lowest BCUT2D eigenvalue weighted by Gasteiger charge is -2.28. The van der Waals surface area contributed by atoms with E-state index >= 15 is 0 Å². The highest BCUT2D eigenvalue weighted by Crippen LogP contribution is 2.19. The smallest absolute Gasteiger partial charge is 0.313 e. The normalized spacial score (nSPS) is 18.7. The van der Waals surface area contributed by atoms with Crippen LogP contribution in [0.25, 0.3) is 0 Å². The highest BCUT2D eigenvalue weighted by atomic mass is 32.2. The lowest BCUT2D eigenvalue weighted by molar-refractivity contribution is -0.144. The molecule has 0 aromatic heterocycles. The van der Waals surface area contributed by atoms with E-state index in [0.29, 0.717) is 12.6 Å². The number of halogens is 2. The quantitative estimate of drug-likeness (QED) is 0.741. The summed E-state index contributed by atoms with van der Waals surface area (Å²) in [4.78, 5) is 27.8. The van der Waals surface area contributed by atoms with Crippen molar-refractivity contribution in [3.8, 4) is 0 Å². The third-order valence-electron chi connectivity index (χ3n) is 4.07. The summed E-state index contributed by atoms with van der Waals surface area (Å²) in [5.74, 6) is -4.11. The number of benzene rings is 1. The summed E-state index contributed by atoms with van der Waals surface area (Å²) in [7, 11) is 0.310. The lowest BCUT2D eigenvalue weighted by atomic mass is 10.2. The zero-order chi connectivity index (χ0) is 19.5. The van der Waals surface area contributed by atoms with Crippen LogP contribution in [0.15, 0.2) is 18.2 Å². The van der Waals surface area contributed by atoms with Crippen LogP contribution in [0.3, 0.4) is 0 Å². The van der Waals surface area contributed by atoms with Crippen molar-refractivity contribution >= 4 is 27.3 Å². The van der Waals surface area contributed by atoms with E-state index < -0.39 is 39.3 Å². The van der Waals surface area contributed by atoms with Crippen LogP contribution in [-0.4, -0.2) is 74.8 Å². The number of carbonyl (C=O) groups is 2. The number of rotatable bonds is 5.